The van der Waals surface area contributed by atoms with E-state index in [9.17, 15) is 78.3 Å². The van der Waals surface area contributed by atoms with Crippen LogP contribution in [0.1, 0.15) is 74.1 Å². The van der Waals surface area contributed by atoms with Crippen molar-refractivity contribution in [3.63, 3.8) is 0 Å². The van der Waals surface area contributed by atoms with Crippen molar-refractivity contribution in [3.05, 3.63) is 82.1 Å². The van der Waals surface area contributed by atoms with Crippen molar-refractivity contribution in [2.45, 2.75) is 135 Å². The number of thioether (sulfide) groups is 2. The maximum Gasteiger partial charge on any atom is 0.430 e. The topological polar surface area (TPSA) is 257 Å². The lowest BCUT2D eigenvalue weighted by Crippen LogP contribution is -2.61. The van der Waals surface area contributed by atoms with Crippen molar-refractivity contribution in [1.29, 1.82) is 0 Å². The lowest BCUT2D eigenvalue weighted by atomic mass is 10.1. The summed E-state index contributed by atoms with van der Waals surface area (Å²) in [6.45, 7) is 8.67. The Bertz CT molecular complexity index is 2290. The number of hydrogen-bond acceptors (Lipinski definition) is 18. The molecule has 0 spiro atoms. The van der Waals surface area contributed by atoms with Gasteiger partial charge in [-0.25, -0.2) is 61.6 Å². The largest absolute Gasteiger partial charge is 0.460 e. The predicted molar refractivity (Wildman–Crippen MR) is 277 cm³/mol. The van der Waals surface area contributed by atoms with Crippen LogP contribution in [-0.4, -0.2) is 153 Å². The molecule has 464 valence electrons. The number of alkyl carbamates (subject to hydrolysis) is 2. The van der Waals surface area contributed by atoms with Crippen LogP contribution in [0.25, 0.3) is 0 Å². The molecule has 33 heteroatoms. The normalized spacial score (nSPS) is 12.1. The van der Waals surface area contributed by atoms with Gasteiger partial charge in [-0.2, -0.15) is 67.4 Å². The molecule has 1 rings (SSSR count). The molecular formula is C48H69F10N5O16S2. The monoisotopic (exact) mass is 1230 g/mol. The number of esters is 4. The number of nitrogens with one attached hydrogen (secondary N) is 2. The van der Waals surface area contributed by atoms with Crippen LogP contribution < -0.4 is 27.7 Å². The van der Waals surface area contributed by atoms with Gasteiger partial charge in [0.1, 0.15) is 44.1 Å². The first-order valence-corrected chi connectivity index (χ1v) is 25.7. The second-order valence-electron chi connectivity index (χ2n) is 17.3. The van der Waals surface area contributed by atoms with Crippen molar-refractivity contribution in [2.24, 2.45) is 0 Å². The molecule has 0 bridgehead atoms. The number of carbonyl (C=O) groups is 6. The SMILES string of the molecule is C.C.C=CC(=O)OCC(C)(COC(=O)C=C)NC(=O)OCCCCSCCCn1c(=O)n(CCCSCCCCOC(=O)NC(C)(COC(=O)C=C)COC(=O)C=C)c(=O)n(CC(F)(F)C(F)(F)OC(F)(F)C(F)(F)C(C)(F)F)c1=O. The van der Waals surface area contributed by atoms with E-state index in [0.717, 1.165) is 24.3 Å². The third-order valence-corrected chi connectivity index (χ3v) is 12.4. The summed E-state index contributed by atoms with van der Waals surface area (Å²) in [6.07, 6.45) is -11.2. The standard InChI is InChI=1S/C46H61F10N5O16S2.2CH4/c1-8-31(62)73-27-40(5,28-74-32(63)9-2)57-35(66)71-20-12-14-22-78-24-16-18-59-37(68)60(39(70)61(38(59)69)26-43(49,50)45(53,54)77-46(55,56)44(51,52)42(7,47)48)19-17-25-79-23-15-13-21-72-36(67)58-41(6,29-75-33(64)10-3)30-76-34(65)11-4;;/h8-11H,1-4,12-30H2,5-7H3,(H,57,66)(H,58,67);2*1H4. The fourth-order valence-electron chi connectivity index (χ4n) is 5.79. The Morgan fingerprint density at radius 1 is 0.481 bits per heavy atom. The molecule has 0 radical (unpaired) electrons. The highest BCUT2D eigenvalue weighted by Gasteiger charge is 2.75. The van der Waals surface area contributed by atoms with Crippen LogP contribution in [0.15, 0.2) is 65.0 Å². The number of nitrogens with zero attached hydrogens (tertiary/aromatic N) is 3. The Morgan fingerprint density at radius 2 is 0.790 bits per heavy atom. The molecule has 0 aliphatic rings. The zero-order valence-corrected chi connectivity index (χ0v) is 44.7. The Hall–Kier alpha value is -6.25. The quantitative estimate of drug-likeness (QED) is 0.0216. The van der Waals surface area contributed by atoms with Crippen molar-refractivity contribution in [2.75, 3.05) is 62.7 Å². The number of carbonyl (C=O) groups excluding carboxylic acids is 6. The minimum Gasteiger partial charge on any atom is -0.460 e. The van der Waals surface area contributed by atoms with Gasteiger partial charge < -0.3 is 39.1 Å². The first kappa shape index (κ1) is 76.8. The highest BCUT2D eigenvalue weighted by molar-refractivity contribution is 7.99. The first-order chi connectivity index (χ1) is 36.6. The Labute approximate surface area is 468 Å². The van der Waals surface area contributed by atoms with E-state index in [-0.39, 0.29) is 74.4 Å². The Balaban J connectivity index is 0. The van der Waals surface area contributed by atoms with E-state index in [1.807, 2.05) is 0 Å². The van der Waals surface area contributed by atoms with E-state index in [2.05, 4.69) is 41.7 Å². The zero-order valence-electron chi connectivity index (χ0n) is 43.0. The summed E-state index contributed by atoms with van der Waals surface area (Å²) in [6, 6.07) is 0. The molecule has 0 unspecified atom stereocenters. The van der Waals surface area contributed by atoms with E-state index in [4.69, 9.17) is 28.4 Å². The van der Waals surface area contributed by atoms with Gasteiger partial charge in [0.15, 0.2) is 0 Å². The minimum absolute atomic E-state index is 0. The number of amides is 2. The lowest BCUT2D eigenvalue weighted by Gasteiger charge is -2.34. The molecule has 2 N–H and O–H groups in total. The Kier molecular flexibility index (Phi) is 33.1. The highest BCUT2D eigenvalue weighted by atomic mass is 32.2. The molecular weight excluding hydrogens is 1160 g/mol. The second-order valence-corrected chi connectivity index (χ2v) is 19.7. The fraction of sp³-hybridized carbons (Fsp3) is 0.646. The molecule has 0 aliphatic carbocycles. The summed E-state index contributed by atoms with van der Waals surface area (Å²) < 4.78 is 174. The molecule has 81 heavy (non-hydrogen) atoms. The van der Waals surface area contributed by atoms with Crippen molar-refractivity contribution in [3.8, 4) is 0 Å². The smallest absolute Gasteiger partial charge is 0.430 e. The first-order valence-electron chi connectivity index (χ1n) is 23.3. The number of unbranched alkanes of at least 4 members (excludes halogenated alkanes) is 2. The molecule has 1 aromatic rings. The third kappa shape index (κ3) is 25.6. The molecule has 0 aliphatic heterocycles. The van der Waals surface area contributed by atoms with E-state index in [1.165, 1.54) is 37.4 Å². The number of hydrogen-bond donors (Lipinski definition) is 2. The van der Waals surface area contributed by atoms with Crippen molar-refractivity contribution in [1.82, 2.24) is 24.3 Å². The number of ether oxygens (including phenoxy) is 7. The maximum atomic E-state index is 15.1. The third-order valence-electron chi connectivity index (χ3n) is 10.1. The molecule has 0 saturated carbocycles. The molecule has 0 aromatic carbocycles. The van der Waals surface area contributed by atoms with E-state index in [1.54, 1.807) is 0 Å². The lowest BCUT2D eigenvalue weighted by molar-refractivity contribution is -0.485. The Morgan fingerprint density at radius 3 is 1.10 bits per heavy atom. The fourth-order valence-corrected chi connectivity index (χ4v) is 7.68. The second kappa shape index (κ2) is 34.9. The minimum atomic E-state index is -6.95. The summed E-state index contributed by atoms with van der Waals surface area (Å²) in [5.74, 6) is -21.2. The predicted octanol–water partition coefficient (Wildman–Crippen LogP) is 7.27. The van der Waals surface area contributed by atoms with Gasteiger partial charge in [-0.05, 0) is 75.4 Å². The van der Waals surface area contributed by atoms with Crippen LogP contribution in [0.5, 0.6) is 0 Å². The van der Waals surface area contributed by atoms with Gasteiger partial charge in [0.05, 0.1) is 13.2 Å². The van der Waals surface area contributed by atoms with Crippen LogP contribution in [0, 0.1) is 0 Å². The molecule has 1 aromatic heterocycles. The van der Waals surface area contributed by atoms with Crippen LogP contribution in [-0.2, 0) is 72.0 Å². The average molecular weight is 1230 g/mol. The van der Waals surface area contributed by atoms with Gasteiger partial charge in [-0.3, -0.25) is 0 Å². The van der Waals surface area contributed by atoms with E-state index < -0.39 is 152 Å². The summed E-state index contributed by atoms with van der Waals surface area (Å²) >= 11 is 2.39. The van der Waals surface area contributed by atoms with Gasteiger partial charge in [-0.1, -0.05) is 41.2 Å². The molecule has 1 heterocycles. The summed E-state index contributed by atoms with van der Waals surface area (Å²) in [7, 11) is 0. The molecule has 21 nitrogen and oxygen atoms in total. The highest BCUT2D eigenvalue weighted by Crippen LogP contribution is 2.50. The number of rotatable bonds is 39. The van der Waals surface area contributed by atoms with E-state index in [0.29, 0.717) is 24.3 Å². The van der Waals surface area contributed by atoms with Gasteiger partial charge in [0, 0.05) is 44.3 Å². The zero-order chi connectivity index (χ0) is 60.5. The van der Waals surface area contributed by atoms with Crippen LogP contribution >= 0.6 is 23.5 Å². The van der Waals surface area contributed by atoms with Gasteiger partial charge in [-0.15, -0.1) is 0 Å². The van der Waals surface area contributed by atoms with Gasteiger partial charge in [0.2, 0.25) is 0 Å². The van der Waals surface area contributed by atoms with Crippen molar-refractivity contribution < 1.29 is 106 Å². The number of halogens is 10. The summed E-state index contributed by atoms with van der Waals surface area (Å²) in [4.78, 5) is 111. The summed E-state index contributed by atoms with van der Waals surface area (Å²) in [5, 5.41) is 4.84. The number of alkyl halides is 10. The van der Waals surface area contributed by atoms with Crippen LogP contribution in [0.4, 0.5) is 53.5 Å². The van der Waals surface area contributed by atoms with Crippen molar-refractivity contribution >= 4 is 59.6 Å². The van der Waals surface area contributed by atoms with Gasteiger partial charge >= 0.3 is 83.1 Å². The van der Waals surface area contributed by atoms with E-state index >= 15 is 8.78 Å². The molecule has 0 atom stereocenters. The molecule has 2 amide bonds. The summed E-state index contributed by atoms with van der Waals surface area (Å²) in [5.41, 5.74) is -8.22. The number of aromatic nitrogens is 3. The van der Waals surface area contributed by atoms with Crippen LogP contribution in [0.2, 0.25) is 0 Å². The molecule has 0 saturated heterocycles. The van der Waals surface area contributed by atoms with Crippen LogP contribution in [0.3, 0.4) is 0 Å². The maximum absolute atomic E-state index is 15.1. The molecule has 0 fully saturated rings. The average Bonchev–Trinajstić information content (AvgIpc) is 3.36. The van der Waals surface area contributed by atoms with Gasteiger partial charge in [0.25, 0.3) is 0 Å².